The van der Waals surface area contributed by atoms with Gasteiger partial charge in [-0.1, -0.05) is 18.2 Å². The molecular formula is C22H20N6O5. The zero-order valence-corrected chi connectivity index (χ0v) is 17.7. The highest BCUT2D eigenvalue weighted by Gasteiger charge is 2.12. The summed E-state index contributed by atoms with van der Waals surface area (Å²) < 4.78 is 8.10. The van der Waals surface area contributed by atoms with E-state index in [1.165, 1.54) is 36.3 Å². The van der Waals surface area contributed by atoms with Crippen LogP contribution in [0.3, 0.4) is 0 Å². The van der Waals surface area contributed by atoms with Crippen LogP contribution in [0, 0.1) is 10.1 Å². The Morgan fingerprint density at radius 2 is 2.00 bits per heavy atom. The van der Waals surface area contributed by atoms with Crippen LogP contribution in [-0.4, -0.2) is 43.8 Å². The van der Waals surface area contributed by atoms with Crippen LogP contribution in [0.5, 0.6) is 5.75 Å². The molecule has 168 valence electrons. The van der Waals surface area contributed by atoms with E-state index in [1.54, 1.807) is 41.1 Å². The number of hydrogen-bond acceptors (Lipinski definition) is 7. The molecule has 2 aromatic carbocycles. The number of methoxy groups -OCH3 is 1. The number of nitrogens with zero attached hydrogens (tertiary/aromatic N) is 5. The van der Waals surface area contributed by atoms with Gasteiger partial charge in [0.1, 0.15) is 17.5 Å². The standard InChI is InChI=1S/C22H20N6O5/c1-33-18-4-2-3-16(11-18)21(29)23-9-10-27-20-19(12-25-27)22(30)26(14-24-20)13-15-5-7-17(8-6-15)28(31)32/h2-8,11-12,14H,9-10,13H2,1H3,(H,23,29). The summed E-state index contributed by atoms with van der Waals surface area (Å²) in [6.45, 7) is 0.847. The summed E-state index contributed by atoms with van der Waals surface area (Å²) in [5.41, 5.74) is 1.34. The van der Waals surface area contributed by atoms with Crippen molar-refractivity contribution in [3.8, 4) is 5.75 Å². The van der Waals surface area contributed by atoms with Crippen molar-refractivity contribution >= 4 is 22.6 Å². The molecule has 1 amide bonds. The molecule has 1 N–H and O–H groups in total. The lowest BCUT2D eigenvalue weighted by molar-refractivity contribution is -0.384. The molecule has 0 saturated carbocycles. The van der Waals surface area contributed by atoms with Crippen LogP contribution in [0.2, 0.25) is 0 Å². The number of fused-ring (bicyclic) bond motifs is 1. The fourth-order valence-electron chi connectivity index (χ4n) is 3.34. The Morgan fingerprint density at radius 1 is 1.21 bits per heavy atom. The summed E-state index contributed by atoms with van der Waals surface area (Å²) in [7, 11) is 1.53. The minimum absolute atomic E-state index is 0.0144. The number of carbonyl (C=O) groups excluding carboxylic acids is 1. The van der Waals surface area contributed by atoms with Gasteiger partial charge in [-0.15, -0.1) is 0 Å². The van der Waals surface area contributed by atoms with Gasteiger partial charge < -0.3 is 10.1 Å². The molecular weight excluding hydrogens is 428 g/mol. The first-order chi connectivity index (χ1) is 16.0. The highest BCUT2D eigenvalue weighted by molar-refractivity contribution is 5.94. The third kappa shape index (κ3) is 4.71. The predicted molar refractivity (Wildman–Crippen MR) is 119 cm³/mol. The van der Waals surface area contributed by atoms with Gasteiger partial charge in [-0.25, -0.2) is 9.67 Å². The van der Waals surface area contributed by atoms with Crippen LogP contribution >= 0.6 is 0 Å². The smallest absolute Gasteiger partial charge is 0.269 e. The second kappa shape index (κ2) is 9.30. The zero-order chi connectivity index (χ0) is 23.4. The largest absolute Gasteiger partial charge is 0.497 e. The number of rotatable bonds is 8. The fraction of sp³-hybridized carbons (Fsp3) is 0.182. The molecule has 0 bridgehead atoms. The van der Waals surface area contributed by atoms with Crippen molar-refractivity contribution in [1.82, 2.24) is 24.6 Å². The minimum atomic E-state index is -0.475. The maximum absolute atomic E-state index is 12.8. The van der Waals surface area contributed by atoms with Gasteiger partial charge in [0.2, 0.25) is 0 Å². The average molecular weight is 448 g/mol. The quantitative estimate of drug-likeness (QED) is 0.322. The zero-order valence-electron chi connectivity index (χ0n) is 17.7. The SMILES string of the molecule is COc1cccc(C(=O)NCCn2ncc3c(=O)n(Cc4ccc([N+](=O)[O-])cc4)cnc32)c1. The molecule has 0 spiro atoms. The number of nitro groups is 1. The van der Waals surface area contributed by atoms with Crippen molar-refractivity contribution in [3.05, 3.63) is 92.7 Å². The molecule has 0 saturated heterocycles. The highest BCUT2D eigenvalue weighted by Crippen LogP contribution is 2.14. The van der Waals surface area contributed by atoms with Crippen molar-refractivity contribution in [3.63, 3.8) is 0 Å². The lowest BCUT2D eigenvalue weighted by atomic mass is 10.2. The first-order valence-corrected chi connectivity index (χ1v) is 10.0. The predicted octanol–water partition coefficient (Wildman–Crippen LogP) is 1.99. The molecule has 0 aliphatic carbocycles. The van der Waals surface area contributed by atoms with Crippen LogP contribution < -0.4 is 15.6 Å². The fourth-order valence-corrected chi connectivity index (χ4v) is 3.34. The van der Waals surface area contributed by atoms with E-state index in [1.807, 2.05) is 0 Å². The van der Waals surface area contributed by atoms with Gasteiger partial charge in [-0.05, 0) is 23.8 Å². The Morgan fingerprint density at radius 3 is 2.73 bits per heavy atom. The summed E-state index contributed by atoms with van der Waals surface area (Å²) in [6, 6.07) is 12.8. The minimum Gasteiger partial charge on any atom is -0.497 e. The molecule has 4 rings (SSSR count). The third-order valence-corrected chi connectivity index (χ3v) is 5.06. The number of aromatic nitrogens is 4. The summed E-state index contributed by atoms with van der Waals surface area (Å²) in [6.07, 6.45) is 2.86. The molecule has 2 aromatic heterocycles. The van der Waals surface area contributed by atoms with E-state index in [2.05, 4.69) is 15.4 Å². The number of non-ortho nitro benzene ring substituents is 1. The van der Waals surface area contributed by atoms with Crippen molar-refractivity contribution in [2.24, 2.45) is 0 Å². The van der Waals surface area contributed by atoms with Crippen molar-refractivity contribution < 1.29 is 14.5 Å². The molecule has 0 aliphatic rings. The third-order valence-electron chi connectivity index (χ3n) is 5.06. The van der Waals surface area contributed by atoms with E-state index in [9.17, 15) is 19.7 Å². The Hall–Kier alpha value is -4.54. The first-order valence-electron chi connectivity index (χ1n) is 10.0. The normalized spacial score (nSPS) is 10.8. The van der Waals surface area contributed by atoms with Gasteiger partial charge in [0, 0.05) is 24.2 Å². The highest BCUT2D eigenvalue weighted by atomic mass is 16.6. The Balaban J connectivity index is 1.43. The molecule has 0 aliphatic heterocycles. The Kier molecular flexibility index (Phi) is 6.11. The lowest BCUT2D eigenvalue weighted by Crippen LogP contribution is -2.27. The summed E-state index contributed by atoms with van der Waals surface area (Å²) in [4.78, 5) is 39.8. The van der Waals surface area contributed by atoms with Crippen LogP contribution in [0.15, 0.2) is 65.8 Å². The number of amides is 1. The number of nitrogens with one attached hydrogen (secondary N) is 1. The molecule has 11 nitrogen and oxygen atoms in total. The van der Waals surface area contributed by atoms with Gasteiger partial charge in [0.25, 0.3) is 17.2 Å². The van der Waals surface area contributed by atoms with Crippen molar-refractivity contribution in [1.29, 1.82) is 0 Å². The maximum atomic E-state index is 12.8. The monoisotopic (exact) mass is 448 g/mol. The van der Waals surface area contributed by atoms with E-state index in [-0.39, 0.29) is 23.7 Å². The molecule has 11 heteroatoms. The molecule has 33 heavy (non-hydrogen) atoms. The van der Waals surface area contributed by atoms with Gasteiger partial charge in [0.15, 0.2) is 5.65 Å². The average Bonchev–Trinajstić information content (AvgIpc) is 3.25. The van der Waals surface area contributed by atoms with Crippen LogP contribution in [0.4, 0.5) is 5.69 Å². The summed E-state index contributed by atoms with van der Waals surface area (Å²) in [5, 5.41) is 18.2. The van der Waals surface area contributed by atoms with Crippen LogP contribution in [-0.2, 0) is 13.1 Å². The summed E-state index contributed by atoms with van der Waals surface area (Å²) >= 11 is 0. The lowest BCUT2D eigenvalue weighted by Gasteiger charge is -2.08. The van der Waals surface area contributed by atoms with Crippen molar-refractivity contribution in [2.45, 2.75) is 13.1 Å². The number of benzene rings is 2. The van der Waals surface area contributed by atoms with Gasteiger partial charge in [-0.2, -0.15) is 5.10 Å². The van der Waals surface area contributed by atoms with Gasteiger partial charge in [0.05, 0.1) is 31.3 Å². The first kappa shape index (κ1) is 21.7. The van der Waals surface area contributed by atoms with E-state index in [4.69, 9.17) is 4.74 Å². The molecule has 0 unspecified atom stereocenters. The molecule has 4 aromatic rings. The second-order valence-electron chi connectivity index (χ2n) is 7.19. The van der Waals surface area contributed by atoms with Crippen LogP contribution in [0.1, 0.15) is 15.9 Å². The van der Waals surface area contributed by atoms with E-state index in [0.29, 0.717) is 35.4 Å². The van der Waals surface area contributed by atoms with Gasteiger partial charge in [-0.3, -0.25) is 24.3 Å². The second-order valence-corrected chi connectivity index (χ2v) is 7.19. The molecule has 0 fully saturated rings. The van der Waals surface area contributed by atoms with E-state index in [0.717, 1.165) is 5.56 Å². The summed E-state index contributed by atoms with van der Waals surface area (Å²) in [5.74, 6) is 0.346. The Bertz CT molecular complexity index is 1380. The van der Waals surface area contributed by atoms with E-state index < -0.39 is 4.92 Å². The number of nitro benzene ring substituents is 1. The van der Waals surface area contributed by atoms with Crippen molar-refractivity contribution in [2.75, 3.05) is 13.7 Å². The number of carbonyl (C=O) groups is 1. The molecule has 2 heterocycles. The maximum Gasteiger partial charge on any atom is 0.269 e. The topological polar surface area (TPSA) is 134 Å². The number of hydrogen-bond donors (Lipinski definition) is 1. The van der Waals surface area contributed by atoms with E-state index >= 15 is 0 Å². The Labute approximate surface area is 187 Å². The van der Waals surface area contributed by atoms with Crippen LogP contribution in [0.25, 0.3) is 11.0 Å². The number of ether oxygens (including phenoxy) is 1. The molecule has 0 atom stereocenters. The molecule has 0 radical (unpaired) electrons. The van der Waals surface area contributed by atoms with Gasteiger partial charge >= 0.3 is 0 Å².